The molecule has 1 N–H and O–H groups in total. The standard InChI is InChI=1S/C15H20N2O3S/c18-14(16-15(21)17-8-11-19-12-9-17)7-4-10-20-13-5-2-1-3-6-13/h1-3,5-6H,4,7-12H2,(H,16,18,21). The number of hydrogen-bond acceptors (Lipinski definition) is 4. The van der Waals surface area contributed by atoms with Crippen molar-refractivity contribution in [3.63, 3.8) is 0 Å². The van der Waals surface area contributed by atoms with Crippen LogP contribution in [0.15, 0.2) is 30.3 Å². The van der Waals surface area contributed by atoms with Gasteiger partial charge in [0.2, 0.25) is 5.91 Å². The second-order valence-electron chi connectivity index (χ2n) is 4.72. The van der Waals surface area contributed by atoms with Gasteiger partial charge < -0.3 is 19.7 Å². The van der Waals surface area contributed by atoms with Crippen molar-refractivity contribution in [2.75, 3.05) is 32.9 Å². The van der Waals surface area contributed by atoms with Crippen LogP contribution in [-0.2, 0) is 9.53 Å². The first-order valence-corrected chi connectivity index (χ1v) is 7.51. The maximum absolute atomic E-state index is 11.8. The summed E-state index contributed by atoms with van der Waals surface area (Å²) in [7, 11) is 0. The third-order valence-corrected chi connectivity index (χ3v) is 3.47. The molecule has 1 aromatic rings. The highest BCUT2D eigenvalue weighted by Gasteiger charge is 2.15. The van der Waals surface area contributed by atoms with Gasteiger partial charge >= 0.3 is 0 Å². The highest BCUT2D eigenvalue weighted by atomic mass is 32.1. The van der Waals surface area contributed by atoms with E-state index in [1.165, 1.54) is 0 Å². The summed E-state index contributed by atoms with van der Waals surface area (Å²) in [5.74, 6) is 0.755. The fraction of sp³-hybridized carbons (Fsp3) is 0.467. The smallest absolute Gasteiger partial charge is 0.226 e. The molecule has 1 aliphatic rings. The summed E-state index contributed by atoms with van der Waals surface area (Å²) < 4.78 is 10.8. The van der Waals surface area contributed by atoms with E-state index < -0.39 is 0 Å². The minimum absolute atomic E-state index is 0.0665. The Morgan fingerprint density at radius 3 is 2.71 bits per heavy atom. The van der Waals surface area contributed by atoms with E-state index >= 15 is 0 Å². The lowest BCUT2D eigenvalue weighted by molar-refractivity contribution is -0.120. The minimum Gasteiger partial charge on any atom is -0.494 e. The number of thiocarbonyl (C=S) groups is 1. The number of nitrogens with zero attached hydrogens (tertiary/aromatic N) is 1. The van der Waals surface area contributed by atoms with Gasteiger partial charge in [0.1, 0.15) is 5.75 Å². The number of benzene rings is 1. The molecule has 1 saturated heterocycles. The zero-order valence-electron chi connectivity index (χ0n) is 11.9. The zero-order valence-corrected chi connectivity index (χ0v) is 12.7. The van der Waals surface area contributed by atoms with Crippen molar-refractivity contribution in [2.45, 2.75) is 12.8 Å². The molecule has 0 unspecified atom stereocenters. The van der Waals surface area contributed by atoms with Crippen molar-refractivity contribution >= 4 is 23.2 Å². The third-order valence-electron chi connectivity index (χ3n) is 3.10. The Balaban J connectivity index is 1.60. The van der Waals surface area contributed by atoms with Crippen molar-refractivity contribution in [1.82, 2.24) is 10.2 Å². The topological polar surface area (TPSA) is 50.8 Å². The Morgan fingerprint density at radius 2 is 2.00 bits per heavy atom. The van der Waals surface area contributed by atoms with Crippen LogP contribution in [0.2, 0.25) is 0 Å². The monoisotopic (exact) mass is 308 g/mol. The molecule has 0 bridgehead atoms. The second kappa shape index (κ2) is 8.59. The lowest BCUT2D eigenvalue weighted by atomic mass is 10.3. The molecule has 0 aliphatic carbocycles. The molecule has 1 fully saturated rings. The van der Waals surface area contributed by atoms with E-state index in [1.54, 1.807) is 0 Å². The molecular formula is C15H20N2O3S. The van der Waals surface area contributed by atoms with Crippen molar-refractivity contribution in [3.05, 3.63) is 30.3 Å². The van der Waals surface area contributed by atoms with E-state index in [4.69, 9.17) is 21.7 Å². The van der Waals surface area contributed by atoms with Gasteiger partial charge in [0.05, 0.1) is 19.8 Å². The van der Waals surface area contributed by atoms with Crippen LogP contribution in [0, 0.1) is 0 Å². The van der Waals surface area contributed by atoms with Crippen molar-refractivity contribution in [3.8, 4) is 5.75 Å². The first kappa shape index (κ1) is 15.7. The summed E-state index contributed by atoms with van der Waals surface area (Å²) in [4.78, 5) is 13.8. The Labute approximate surface area is 130 Å². The molecule has 2 rings (SSSR count). The number of carbonyl (C=O) groups excluding carboxylic acids is 1. The largest absolute Gasteiger partial charge is 0.494 e. The number of hydrogen-bond donors (Lipinski definition) is 1. The van der Waals surface area contributed by atoms with E-state index in [1.807, 2.05) is 35.2 Å². The Bertz CT molecular complexity index is 461. The van der Waals surface area contributed by atoms with Gasteiger partial charge in [0, 0.05) is 19.5 Å². The van der Waals surface area contributed by atoms with Crippen LogP contribution >= 0.6 is 12.2 Å². The second-order valence-corrected chi connectivity index (χ2v) is 5.10. The average Bonchev–Trinajstić information content (AvgIpc) is 2.53. The van der Waals surface area contributed by atoms with E-state index in [2.05, 4.69) is 5.32 Å². The summed E-state index contributed by atoms with van der Waals surface area (Å²) in [5, 5.41) is 3.25. The summed E-state index contributed by atoms with van der Waals surface area (Å²) in [6.45, 7) is 3.29. The van der Waals surface area contributed by atoms with Crippen LogP contribution < -0.4 is 10.1 Å². The molecule has 114 valence electrons. The fourth-order valence-corrected chi connectivity index (χ4v) is 2.26. The van der Waals surface area contributed by atoms with E-state index in [0.717, 1.165) is 18.8 Å². The highest BCUT2D eigenvalue weighted by Crippen LogP contribution is 2.08. The van der Waals surface area contributed by atoms with Gasteiger partial charge in [-0.15, -0.1) is 0 Å². The molecular weight excluding hydrogens is 288 g/mol. The molecule has 5 nitrogen and oxygen atoms in total. The van der Waals surface area contributed by atoms with Crippen LogP contribution in [0.25, 0.3) is 0 Å². The summed E-state index contributed by atoms with van der Waals surface area (Å²) >= 11 is 5.21. The Kier molecular flexibility index (Phi) is 6.43. The van der Waals surface area contributed by atoms with Gasteiger partial charge in [-0.25, -0.2) is 0 Å². The Hall–Kier alpha value is -1.66. The zero-order chi connectivity index (χ0) is 14.9. The van der Waals surface area contributed by atoms with Gasteiger partial charge in [-0.3, -0.25) is 4.79 Å². The van der Waals surface area contributed by atoms with Gasteiger partial charge in [-0.05, 0) is 30.8 Å². The number of nitrogens with one attached hydrogen (secondary N) is 1. The van der Waals surface area contributed by atoms with Crippen LogP contribution in [0.3, 0.4) is 0 Å². The third kappa shape index (κ3) is 5.69. The molecule has 0 saturated carbocycles. The molecule has 0 atom stereocenters. The van der Waals surface area contributed by atoms with E-state index in [0.29, 0.717) is 37.8 Å². The minimum atomic E-state index is -0.0665. The van der Waals surface area contributed by atoms with Crippen LogP contribution in [0.5, 0.6) is 5.75 Å². The summed E-state index contributed by atoms with van der Waals surface area (Å²) in [6.07, 6.45) is 1.06. The van der Waals surface area contributed by atoms with Crippen molar-refractivity contribution in [2.24, 2.45) is 0 Å². The van der Waals surface area contributed by atoms with Crippen LogP contribution in [0.1, 0.15) is 12.8 Å². The van der Waals surface area contributed by atoms with Crippen LogP contribution in [-0.4, -0.2) is 48.8 Å². The van der Waals surface area contributed by atoms with Crippen molar-refractivity contribution in [1.29, 1.82) is 0 Å². The SMILES string of the molecule is O=C(CCCOc1ccccc1)NC(=S)N1CCOCC1. The molecule has 6 heteroatoms. The molecule has 0 aromatic heterocycles. The predicted octanol–water partition coefficient (Wildman–Crippen LogP) is 1.58. The quantitative estimate of drug-likeness (QED) is 0.661. The number of rotatable bonds is 5. The summed E-state index contributed by atoms with van der Waals surface area (Å²) in [6, 6.07) is 9.57. The van der Waals surface area contributed by atoms with E-state index in [9.17, 15) is 4.79 Å². The summed E-state index contributed by atoms with van der Waals surface area (Å²) in [5.41, 5.74) is 0. The number of carbonyl (C=O) groups is 1. The van der Waals surface area contributed by atoms with Gasteiger partial charge in [0.25, 0.3) is 0 Å². The molecule has 0 radical (unpaired) electrons. The number of ether oxygens (including phenoxy) is 2. The first-order chi connectivity index (χ1) is 10.3. The maximum Gasteiger partial charge on any atom is 0.226 e. The number of amides is 1. The lowest BCUT2D eigenvalue weighted by Crippen LogP contribution is -2.47. The number of morpholine rings is 1. The maximum atomic E-state index is 11.8. The van der Waals surface area contributed by atoms with Crippen molar-refractivity contribution < 1.29 is 14.3 Å². The first-order valence-electron chi connectivity index (χ1n) is 7.10. The Morgan fingerprint density at radius 1 is 1.29 bits per heavy atom. The molecule has 1 heterocycles. The average molecular weight is 308 g/mol. The molecule has 0 spiro atoms. The molecule has 1 aliphatic heterocycles. The normalized spacial score (nSPS) is 14.6. The van der Waals surface area contributed by atoms with Gasteiger partial charge in [-0.1, -0.05) is 18.2 Å². The van der Waals surface area contributed by atoms with Crippen LogP contribution in [0.4, 0.5) is 0 Å². The number of para-hydroxylation sites is 1. The predicted molar refractivity (Wildman–Crippen MR) is 84.3 cm³/mol. The molecule has 1 aromatic carbocycles. The molecule has 1 amide bonds. The highest BCUT2D eigenvalue weighted by molar-refractivity contribution is 7.80. The van der Waals surface area contributed by atoms with Gasteiger partial charge in [0.15, 0.2) is 5.11 Å². The van der Waals surface area contributed by atoms with E-state index in [-0.39, 0.29) is 5.91 Å². The fourth-order valence-electron chi connectivity index (χ4n) is 1.97. The lowest BCUT2D eigenvalue weighted by Gasteiger charge is -2.28. The van der Waals surface area contributed by atoms with Gasteiger partial charge in [-0.2, -0.15) is 0 Å². The molecule has 21 heavy (non-hydrogen) atoms.